The fourth-order valence-electron chi connectivity index (χ4n) is 1.82. The SMILES string of the molecule is CC1CC1CN(C)C(=O)c1ccc(N)cn1. The molecule has 2 rings (SSSR count). The van der Waals surface area contributed by atoms with Gasteiger partial charge in [-0.3, -0.25) is 4.79 Å². The van der Waals surface area contributed by atoms with E-state index in [1.165, 1.54) is 12.6 Å². The van der Waals surface area contributed by atoms with Gasteiger partial charge in [0.1, 0.15) is 5.69 Å². The summed E-state index contributed by atoms with van der Waals surface area (Å²) in [6.45, 7) is 3.04. The number of hydrogen-bond acceptors (Lipinski definition) is 3. The molecular formula is C12H17N3O. The zero-order valence-electron chi connectivity index (χ0n) is 9.68. The minimum atomic E-state index is -0.0286. The van der Waals surface area contributed by atoms with Gasteiger partial charge in [0.2, 0.25) is 0 Å². The third-order valence-electron chi connectivity index (χ3n) is 3.14. The van der Waals surface area contributed by atoms with E-state index in [0.717, 1.165) is 12.5 Å². The summed E-state index contributed by atoms with van der Waals surface area (Å²) in [5.74, 6) is 1.40. The van der Waals surface area contributed by atoms with Crippen LogP contribution in [0.1, 0.15) is 23.8 Å². The van der Waals surface area contributed by atoms with Crippen LogP contribution in [0.15, 0.2) is 18.3 Å². The fraction of sp³-hybridized carbons (Fsp3) is 0.500. The first-order valence-corrected chi connectivity index (χ1v) is 5.55. The molecular weight excluding hydrogens is 202 g/mol. The zero-order chi connectivity index (χ0) is 11.7. The van der Waals surface area contributed by atoms with Gasteiger partial charge in [0.25, 0.3) is 5.91 Å². The maximum Gasteiger partial charge on any atom is 0.272 e. The van der Waals surface area contributed by atoms with Gasteiger partial charge in [-0.1, -0.05) is 6.92 Å². The van der Waals surface area contributed by atoms with Crippen molar-refractivity contribution in [2.75, 3.05) is 19.3 Å². The van der Waals surface area contributed by atoms with Crippen LogP contribution in [0.25, 0.3) is 0 Å². The van der Waals surface area contributed by atoms with Crippen molar-refractivity contribution >= 4 is 11.6 Å². The van der Waals surface area contributed by atoms with E-state index in [4.69, 9.17) is 5.73 Å². The standard InChI is InChI=1S/C12H17N3O/c1-8-5-9(8)7-15(2)12(16)11-4-3-10(13)6-14-11/h3-4,6,8-9H,5,7,13H2,1-2H3. The summed E-state index contributed by atoms with van der Waals surface area (Å²) in [7, 11) is 1.82. The Kier molecular flexibility index (Phi) is 2.81. The average molecular weight is 219 g/mol. The Morgan fingerprint density at radius 1 is 1.62 bits per heavy atom. The van der Waals surface area contributed by atoms with Gasteiger partial charge >= 0.3 is 0 Å². The van der Waals surface area contributed by atoms with Gasteiger partial charge < -0.3 is 10.6 Å². The molecule has 16 heavy (non-hydrogen) atoms. The lowest BCUT2D eigenvalue weighted by Crippen LogP contribution is -2.29. The van der Waals surface area contributed by atoms with Crippen LogP contribution in [0.3, 0.4) is 0 Å². The molecule has 1 aliphatic rings. The molecule has 1 fully saturated rings. The number of anilines is 1. The number of nitrogens with two attached hydrogens (primary N) is 1. The minimum Gasteiger partial charge on any atom is -0.397 e. The number of nitrogen functional groups attached to an aromatic ring is 1. The molecule has 4 nitrogen and oxygen atoms in total. The number of nitrogens with zero attached hydrogens (tertiary/aromatic N) is 2. The summed E-state index contributed by atoms with van der Waals surface area (Å²) in [6, 6.07) is 3.37. The number of carbonyl (C=O) groups excluding carboxylic acids is 1. The molecule has 0 saturated heterocycles. The first kappa shape index (κ1) is 10.9. The van der Waals surface area contributed by atoms with Crippen LogP contribution >= 0.6 is 0 Å². The van der Waals surface area contributed by atoms with Crippen molar-refractivity contribution in [2.24, 2.45) is 11.8 Å². The normalized spacial score (nSPS) is 22.9. The van der Waals surface area contributed by atoms with Crippen LogP contribution < -0.4 is 5.73 Å². The van der Waals surface area contributed by atoms with Crippen molar-refractivity contribution in [2.45, 2.75) is 13.3 Å². The molecule has 1 aliphatic carbocycles. The third-order valence-corrected chi connectivity index (χ3v) is 3.14. The van der Waals surface area contributed by atoms with Crippen molar-refractivity contribution < 1.29 is 4.79 Å². The smallest absolute Gasteiger partial charge is 0.272 e. The zero-order valence-corrected chi connectivity index (χ0v) is 9.68. The van der Waals surface area contributed by atoms with E-state index in [9.17, 15) is 4.79 Å². The van der Waals surface area contributed by atoms with Crippen LogP contribution in [0.2, 0.25) is 0 Å². The lowest BCUT2D eigenvalue weighted by molar-refractivity contribution is 0.0781. The summed E-state index contributed by atoms with van der Waals surface area (Å²) in [4.78, 5) is 17.7. The molecule has 2 atom stereocenters. The second kappa shape index (κ2) is 4.12. The molecule has 2 N–H and O–H groups in total. The van der Waals surface area contributed by atoms with E-state index in [2.05, 4.69) is 11.9 Å². The third kappa shape index (κ3) is 2.32. The van der Waals surface area contributed by atoms with E-state index in [0.29, 0.717) is 17.3 Å². The second-order valence-electron chi connectivity index (χ2n) is 4.64. The molecule has 86 valence electrons. The molecule has 1 aromatic rings. The fourth-order valence-corrected chi connectivity index (χ4v) is 1.82. The molecule has 0 bridgehead atoms. The van der Waals surface area contributed by atoms with Gasteiger partial charge in [0, 0.05) is 13.6 Å². The first-order chi connectivity index (χ1) is 7.58. The predicted molar refractivity (Wildman–Crippen MR) is 62.9 cm³/mol. The number of amides is 1. The van der Waals surface area contributed by atoms with E-state index < -0.39 is 0 Å². The van der Waals surface area contributed by atoms with E-state index in [1.54, 1.807) is 17.0 Å². The highest BCUT2D eigenvalue weighted by molar-refractivity contribution is 5.92. The van der Waals surface area contributed by atoms with Crippen molar-refractivity contribution in [1.29, 1.82) is 0 Å². The second-order valence-corrected chi connectivity index (χ2v) is 4.64. The van der Waals surface area contributed by atoms with Gasteiger partial charge in [-0.15, -0.1) is 0 Å². The Morgan fingerprint density at radius 2 is 2.31 bits per heavy atom. The Balaban J connectivity index is 1.98. The quantitative estimate of drug-likeness (QED) is 0.835. The van der Waals surface area contributed by atoms with E-state index >= 15 is 0 Å². The highest BCUT2D eigenvalue weighted by atomic mass is 16.2. The molecule has 1 heterocycles. The van der Waals surface area contributed by atoms with Crippen molar-refractivity contribution in [3.63, 3.8) is 0 Å². The van der Waals surface area contributed by atoms with Crippen LogP contribution in [-0.2, 0) is 0 Å². The molecule has 0 radical (unpaired) electrons. The summed E-state index contributed by atoms with van der Waals surface area (Å²) >= 11 is 0. The van der Waals surface area contributed by atoms with Crippen LogP contribution in [0.4, 0.5) is 5.69 Å². The summed E-state index contributed by atoms with van der Waals surface area (Å²) in [6.07, 6.45) is 2.74. The maximum absolute atomic E-state index is 11.9. The first-order valence-electron chi connectivity index (χ1n) is 5.55. The van der Waals surface area contributed by atoms with Gasteiger partial charge in [-0.05, 0) is 30.4 Å². The molecule has 4 heteroatoms. The van der Waals surface area contributed by atoms with Crippen molar-refractivity contribution in [3.8, 4) is 0 Å². The number of pyridine rings is 1. The summed E-state index contributed by atoms with van der Waals surface area (Å²) < 4.78 is 0. The van der Waals surface area contributed by atoms with E-state index in [-0.39, 0.29) is 5.91 Å². The van der Waals surface area contributed by atoms with Crippen molar-refractivity contribution in [1.82, 2.24) is 9.88 Å². The largest absolute Gasteiger partial charge is 0.397 e. The molecule has 2 unspecified atom stereocenters. The van der Waals surface area contributed by atoms with E-state index in [1.807, 2.05) is 7.05 Å². The number of hydrogen-bond donors (Lipinski definition) is 1. The van der Waals surface area contributed by atoms with Gasteiger partial charge in [-0.25, -0.2) is 4.98 Å². The highest BCUT2D eigenvalue weighted by Crippen LogP contribution is 2.38. The lowest BCUT2D eigenvalue weighted by atomic mass is 10.2. The average Bonchev–Trinajstić information content (AvgIpc) is 2.94. The molecule has 1 aromatic heterocycles. The van der Waals surface area contributed by atoms with Crippen LogP contribution in [0, 0.1) is 11.8 Å². The van der Waals surface area contributed by atoms with Crippen molar-refractivity contribution in [3.05, 3.63) is 24.0 Å². The van der Waals surface area contributed by atoms with Gasteiger partial charge in [0.15, 0.2) is 0 Å². The van der Waals surface area contributed by atoms with Crippen LogP contribution in [0.5, 0.6) is 0 Å². The number of rotatable bonds is 3. The maximum atomic E-state index is 11.9. The number of aromatic nitrogens is 1. The highest BCUT2D eigenvalue weighted by Gasteiger charge is 2.34. The predicted octanol–water partition coefficient (Wildman–Crippen LogP) is 1.39. The Hall–Kier alpha value is -1.58. The Morgan fingerprint density at radius 3 is 2.81 bits per heavy atom. The molecule has 0 aromatic carbocycles. The Bertz CT molecular complexity index is 388. The van der Waals surface area contributed by atoms with Crippen LogP contribution in [-0.4, -0.2) is 29.4 Å². The van der Waals surface area contributed by atoms with Gasteiger partial charge in [0.05, 0.1) is 11.9 Å². The molecule has 0 spiro atoms. The topological polar surface area (TPSA) is 59.2 Å². The summed E-state index contributed by atoms with van der Waals surface area (Å²) in [5, 5.41) is 0. The molecule has 0 aliphatic heterocycles. The molecule has 1 saturated carbocycles. The Labute approximate surface area is 95.5 Å². The summed E-state index contributed by atoms with van der Waals surface area (Å²) in [5.41, 5.74) is 6.57. The number of carbonyl (C=O) groups is 1. The lowest BCUT2D eigenvalue weighted by Gasteiger charge is -2.16. The van der Waals surface area contributed by atoms with Gasteiger partial charge in [-0.2, -0.15) is 0 Å². The minimum absolute atomic E-state index is 0.0286. The molecule has 1 amide bonds. The monoisotopic (exact) mass is 219 g/mol.